The number of thiocarbonyl (C=S) groups is 1. The van der Waals surface area contributed by atoms with Crippen molar-refractivity contribution in [1.82, 2.24) is 14.9 Å². The van der Waals surface area contributed by atoms with Crippen molar-refractivity contribution in [2.45, 2.75) is 12.1 Å². The number of pyridine rings is 1. The van der Waals surface area contributed by atoms with E-state index in [9.17, 15) is 5.11 Å². The van der Waals surface area contributed by atoms with Crippen LogP contribution in [0.15, 0.2) is 91.3 Å². The predicted octanol–water partition coefficient (Wildman–Crippen LogP) is 4.76. The van der Waals surface area contributed by atoms with E-state index in [0.29, 0.717) is 5.11 Å². The van der Waals surface area contributed by atoms with Crippen LogP contribution in [0.1, 0.15) is 23.5 Å². The number of nitrogens with one attached hydrogen (secondary N) is 1. The van der Waals surface area contributed by atoms with Crippen molar-refractivity contribution in [2.24, 2.45) is 0 Å². The Labute approximate surface area is 191 Å². The van der Waals surface area contributed by atoms with Gasteiger partial charge in [0.1, 0.15) is 17.5 Å². The highest BCUT2D eigenvalue weighted by atomic mass is 32.1. The summed E-state index contributed by atoms with van der Waals surface area (Å²) in [4.78, 5) is 6.69. The molecule has 160 valence electrons. The zero-order valence-electron chi connectivity index (χ0n) is 17.4. The molecule has 0 radical (unpaired) electrons. The molecule has 1 fully saturated rings. The molecular weight excluding hydrogens is 420 g/mol. The molecule has 2 aromatic heterocycles. The fourth-order valence-electron chi connectivity index (χ4n) is 4.23. The fourth-order valence-corrected chi connectivity index (χ4v) is 4.58. The average Bonchev–Trinajstić information content (AvgIpc) is 3.44. The van der Waals surface area contributed by atoms with Crippen LogP contribution in [0.4, 0.5) is 5.69 Å². The first-order chi connectivity index (χ1) is 15.7. The topological polar surface area (TPSA) is 62.5 Å². The summed E-state index contributed by atoms with van der Waals surface area (Å²) in [5.41, 5.74) is 3.76. The highest BCUT2D eigenvalue weighted by Crippen LogP contribution is 2.43. The maximum Gasteiger partial charge on any atom is 0.174 e. The predicted molar refractivity (Wildman–Crippen MR) is 128 cm³/mol. The molecule has 1 saturated heterocycles. The molecule has 2 atom stereocenters. The summed E-state index contributed by atoms with van der Waals surface area (Å²) in [6.07, 6.45) is 3.82. The Balaban J connectivity index is 1.68. The van der Waals surface area contributed by atoms with Gasteiger partial charge in [-0.25, -0.2) is 0 Å². The van der Waals surface area contributed by atoms with Crippen molar-refractivity contribution in [2.75, 3.05) is 12.0 Å². The lowest BCUT2D eigenvalue weighted by Crippen LogP contribution is -2.30. The van der Waals surface area contributed by atoms with E-state index in [2.05, 4.69) is 25.8 Å². The van der Waals surface area contributed by atoms with Crippen LogP contribution in [-0.2, 0) is 0 Å². The third-order valence-electron chi connectivity index (χ3n) is 5.65. The van der Waals surface area contributed by atoms with Crippen molar-refractivity contribution < 1.29 is 9.84 Å². The molecule has 4 aromatic rings. The molecular formula is C25H22N4O2S. The molecule has 5 rings (SSSR count). The van der Waals surface area contributed by atoms with Crippen molar-refractivity contribution in [3.8, 4) is 17.2 Å². The molecule has 6 nitrogen and oxygen atoms in total. The van der Waals surface area contributed by atoms with E-state index in [1.54, 1.807) is 25.4 Å². The zero-order valence-corrected chi connectivity index (χ0v) is 18.2. The highest BCUT2D eigenvalue weighted by molar-refractivity contribution is 7.80. The first-order valence-electron chi connectivity index (χ1n) is 10.3. The van der Waals surface area contributed by atoms with Gasteiger partial charge in [0, 0.05) is 23.8 Å². The van der Waals surface area contributed by atoms with Crippen molar-refractivity contribution in [3.63, 3.8) is 0 Å². The molecule has 1 aliphatic rings. The summed E-state index contributed by atoms with van der Waals surface area (Å²) in [6, 6.07) is 24.7. The largest absolute Gasteiger partial charge is 0.508 e. The highest BCUT2D eigenvalue weighted by Gasteiger charge is 2.42. The maximum absolute atomic E-state index is 9.80. The second-order valence-electron chi connectivity index (χ2n) is 7.49. The van der Waals surface area contributed by atoms with Crippen LogP contribution in [0, 0.1) is 0 Å². The maximum atomic E-state index is 9.80. The number of hydrogen-bond donors (Lipinski definition) is 2. The van der Waals surface area contributed by atoms with Gasteiger partial charge < -0.3 is 24.6 Å². The number of phenols is 1. The second kappa shape index (κ2) is 8.36. The number of hydrogen-bond acceptors (Lipinski definition) is 4. The van der Waals surface area contributed by atoms with E-state index in [1.165, 1.54) is 0 Å². The number of para-hydroxylation sites is 2. The number of rotatable bonds is 5. The average molecular weight is 443 g/mol. The third kappa shape index (κ3) is 3.46. The Morgan fingerprint density at radius 2 is 1.75 bits per heavy atom. The quantitative estimate of drug-likeness (QED) is 0.435. The number of nitrogens with zero attached hydrogens (tertiary/aromatic N) is 3. The Hall–Kier alpha value is -3.84. The first-order valence-corrected chi connectivity index (χ1v) is 10.7. The van der Waals surface area contributed by atoms with Crippen LogP contribution in [0.3, 0.4) is 0 Å². The van der Waals surface area contributed by atoms with Gasteiger partial charge >= 0.3 is 0 Å². The fraction of sp³-hybridized carbons (Fsp3) is 0.120. The lowest BCUT2D eigenvalue weighted by atomic mass is 10.0. The van der Waals surface area contributed by atoms with Gasteiger partial charge in [0.25, 0.3) is 0 Å². The number of ether oxygens (including phenoxy) is 1. The van der Waals surface area contributed by atoms with Crippen LogP contribution in [0.2, 0.25) is 0 Å². The number of phenolic OH excluding ortho intramolecular Hbond substituents is 1. The van der Waals surface area contributed by atoms with Gasteiger partial charge in [0.15, 0.2) is 5.11 Å². The molecule has 1 aliphatic heterocycles. The molecule has 0 bridgehead atoms. The van der Waals surface area contributed by atoms with Crippen LogP contribution in [0.5, 0.6) is 11.5 Å². The summed E-state index contributed by atoms with van der Waals surface area (Å²) >= 11 is 5.78. The molecule has 0 saturated carbocycles. The Kier molecular flexibility index (Phi) is 5.25. The minimum atomic E-state index is -0.179. The molecule has 32 heavy (non-hydrogen) atoms. The van der Waals surface area contributed by atoms with Crippen LogP contribution >= 0.6 is 12.2 Å². The van der Waals surface area contributed by atoms with Gasteiger partial charge in [-0.05, 0) is 72.9 Å². The third-order valence-corrected chi connectivity index (χ3v) is 5.97. The van der Waals surface area contributed by atoms with Gasteiger partial charge in [-0.1, -0.05) is 18.2 Å². The Bertz CT molecular complexity index is 1240. The molecule has 2 N–H and O–H groups in total. The smallest absolute Gasteiger partial charge is 0.174 e. The van der Waals surface area contributed by atoms with Gasteiger partial charge in [0.05, 0.1) is 24.5 Å². The van der Waals surface area contributed by atoms with E-state index in [4.69, 9.17) is 17.0 Å². The lowest BCUT2D eigenvalue weighted by Gasteiger charge is -2.29. The Morgan fingerprint density at radius 3 is 2.50 bits per heavy atom. The number of methoxy groups -OCH3 is 1. The Morgan fingerprint density at radius 1 is 0.969 bits per heavy atom. The summed E-state index contributed by atoms with van der Waals surface area (Å²) in [7, 11) is 1.67. The molecule has 0 aliphatic carbocycles. The molecule has 7 heteroatoms. The SMILES string of the molecule is COc1ccccc1-n1cccc1[C@H]1[C@H](c2ccccn2)NC(=S)N1c1ccc(O)cc1. The van der Waals surface area contributed by atoms with Crippen molar-refractivity contribution >= 4 is 23.0 Å². The zero-order chi connectivity index (χ0) is 22.1. The number of aromatic hydroxyl groups is 1. The summed E-state index contributed by atoms with van der Waals surface area (Å²) in [5, 5.41) is 13.9. The van der Waals surface area contributed by atoms with Gasteiger partial charge in [0.2, 0.25) is 0 Å². The van der Waals surface area contributed by atoms with E-state index in [1.807, 2.05) is 66.9 Å². The number of aromatic nitrogens is 2. The lowest BCUT2D eigenvalue weighted by molar-refractivity contribution is 0.412. The molecule has 2 aromatic carbocycles. The molecule has 0 unspecified atom stereocenters. The van der Waals surface area contributed by atoms with Crippen molar-refractivity contribution in [3.05, 3.63) is 103 Å². The van der Waals surface area contributed by atoms with Crippen LogP contribution < -0.4 is 15.0 Å². The number of benzene rings is 2. The van der Waals surface area contributed by atoms with Gasteiger partial charge in [-0.3, -0.25) is 4.98 Å². The van der Waals surface area contributed by atoms with E-state index in [-0.39, 0.29) is 17.8 Å². The monoisotopic (exact) mass is 442 g/mol. The van der Waals surface area contributed by atoms with E-state index in [0.717, 1.165) is 28.5 Å². The molecule has 3 heterocycles. The molecule has 0 spiro atoms. The summed E-state index contributed by atoms with van der Waals surface area (Å²) in [6.45, 7) is 0. The van der Waals surface area contributed by atoms with Crippen molar-refractivity contribution in [1.29, 1.82) is 0 Å². The van der Waals surface area contributed by atoms with Gasteiger partial charge in [-0.15, -0.1) is 0 Å². The standard InChI is InChI=1S/C25H22N4O2S/c1-31-22-10-3-2-8-20(22)28-16-6-9-21(28)24-23(19-7-4-5-15-26-19)27-25(32)29(24)17-11-13-18(30)14-12-17/h2-16,23-24,30H,1H3,(H,27,32)/t23-,24-/m0/s1. The summed E-state index contributed by atoms with van der Waals surface area (Å²) in [5.74, 6) is 0.992. The van der Waals surface area contributed by atoms with E-state index >= 15 is 0 Å². The first kappa shape index (κ1) is 20.1. The second-order valence-corrected chi connectivity index (χ2v) is 7.87. The van der Waals surface area contributed by atoms with Gasteiger partial charge in [-0.2, -0.15) is 0 Å². The normalized spacial score (nSPS) is 17.9. The minimum absolute atomic E-state index is 0.166. The van der Waals surface area contributed by atoms with E-state index < -0.39 is 0 Å². The summed E-state index contributed by atoms with van der Waals surface area (Å²) < 4.78 is 7.76. The number of anilines is 1. The minimum Gasteiger partial charge on any atom is -0.508 e. The van der Waals surface area contributed by atoms with Crippen LogP contribution in [-0.4, -0.2) is 26.9 Å². The molecule has 0 amide bonds. The van der Waals surface area contributed by atoms with Crippen LogP contribution in [0.25, 0.3) is 5.69 Å².